The van der Waals surface area contributed by atoms with E-state index in [4.69, 9.17) is 16.3 Å². The van der Waals surface area contributed by atoms with Crippen molar-refractivity contribution in [1.29, 1.82) is 0 Å². The van der Waals surface area contributed by atoms with Gasteiger partial charge in [0.05, 0.1) is 24.9 Å². The molecule has 4 heterocycles. The molecule has 3 aromatic heterocycles. The third-order valence-corrected chi connectivity index (χ3v) is 5.45. The van der Waals surface area contributed by atoms with E-state index in [2.05, 4.69) is 20.1 Å². The first-order valence-corrected chi connectivity index (χ1v) is 9.98. The zero-order chi connectivity index (χ0) is 21.5. The lowest BCUT2D eigenvalue weighted by Gasteiger charge is -2.26. The minimum absolute atomic E-state index is 0.0265. The number of carbonyl (C=O) groups excluding carboxylic acids is 1. The van der Waals surface area contributed by atoms with E-state index in [1.54, 1.807) is 27.8 Å². The highest BCUT2D eigenvalue weighted by molar-refractivity contribution is 6.31. The number of benzene rings is 1. The van der Waals surface area contributed by atoms with Crippen LogP contribution < -0.4 is 0 Å². The van der Waals surface area contributed by atoms with Gasteiger partial charge in [0.15, 0.2) is 5.65 Å². The van der Waals surface area contributed by atoms with E-state index in [1.807, 2.05) is 0 Å². The number of H-pyrrole nitrogens is 1. The van der Waals surface area contributed by atoms with Gasteiger partial charge in [0, 0.05) is 29.7 Å². The van der Waals surface area contributed by atoms with Crippen molar-refractivity contribution in [3.05, 3.63) is 41.2 Å². The standard InChI is InChI=1S/C20H17ClN6O4/c21-11-1-2-12-15(7-11)27(10-16(28)26-3-5-31-6-4-26)25-17(12)14-9-23-19-18(24-14)13(8-22-19)20(29)30/h1-2,7-9H,3-6,10H2,(H,22,23)(H,29,30). The molecule has 0 spiro atoms. The summed E-state index contributed by atoms with van der Waals surface area (Å²) in [5.41, 5.74) is 2.21. The SMILES string of the molecule is O=C(O)c1c[nH]c2ncc(-c3nn(CC(=O)N4CCOCC4)c4cc(Cl)ccc34)nc12. The lowest BCUT2D eigenvalue weighted by atomic mass is 10.1. The number of hydrogen-bond donors (Lipinski definition) is 2. The van der Waals surface area contributed by atoms with Gasteiger partial charge < -0.3 is 19.7 Å². The van der Waals surface area contributed by atoms with Crippen LogP contribution in [0.15, 0.2) is 30.6 Å². The molecule has 0 saturated carbocycles. The van der Waals surface area contributed by atoms with E-state index in [9.17, 15) is 14.7 Å². The van der Waals surface area contributed by atoms with Crippen molar-refractivity contribution in [2.75, 3.05) is 26.3 Å². The van der Waals surface area contributed by atoms with Gasteiger partial charge in [0.2, 0.25) is 5.91 Å². The Balaban J connectivity index is 1.59. The molecule has 0 aliphatic carbocycles. The Morgan fingerprint density at radius 3 is 2.84 bits per heavy atom. The van der Waals surface area contributed by atoms with Crippen LogP contribution in [0.2, 0.25) is 5.02 Å². The molecular weight excluding hydrogens is 424 g/mol. The lowest BCUT2D eigenvalue weighted by molar-refractivity contribution is -0.136. The number of ether oxygens (including phenoxy) is 1. The van der Waals surface area contributed by atoms with Crippen LogP contribution >= 0.6 is 11.6 Å². The topological polar surface area (TPSA) is 126 Å². The summed E-state index contributed by atoms with van der Waals surface area (Å²) < 4.78 is 6.90. The van der Waals surface area contributed by atoms with Crippen LogP contribution in [0.4, 0.5) is 0 Å². The minimum Gasteiger partial charge on any atom is -0.478 e. The summed E-state index contributed by atoms with van der Waals surface area (Å²) in [5, 5.41) is 15.3. The molecule has 10 nitrogen and oxygen atoms in total. The zero-order valence-corrected chi connectivity index (χ0v) is 17.0. The van der Waals surface area contributed by atoms with Crippen LogP contribution in [-0.2, 0) is 16.1 Å². The smallest absolute Gasteiger partial charge is 0.339 e. The van der Waals surface area contributed by atoms with Crippen molar-refractivity contribution in [2.24, 2.45) is 0 Å². The molecule has 1 amide bonds. The first kappa shape index (κ1) is 19.5. The number of rotatable bonds is 4. The highest BCUT2D eigenvalue weighted by atomic mass is 35.5. The maximum atomic E-state index is 12.8. The van der Waals surface area contributed by atoms with Crippen LogP contribution in [0.3, 0.4) is 0 Å². The number of nitrogens with one attached hydrogen (secondary N) is 1. The number of morpholine rings is 1. The largest absolute Gasteiger partial charge is 0.478 e. The number of carbonyl (C=O) groups is 2. The molecule has 1 aliphatic rings. The van der Waals surface area contributed by atoms with Crippen molar-refractivity contribution in [3.63, 3.8) is 0 Å². The molecule has 0 atom stereocenters. The molecule has 2 N–H and O–H groups in total. The normalized spacial score (nSPS) is 14.4. The molecule has 11 heteroatoms. The van der Waals surface area contributed by atoms with E-state index in [-0.39, 0.29) is 23.5 Å². The number of aromatic carboxylic acids is 1. The Hall–Kier alpha value is -3.50. The average Bonchev–Trinajstić information content (AvgIpc) is 3.35. The van der Waals surface area contributed by atoms with Crippen LogP contribution in [-0.4, -0.2) is 72.9 Å². The summed E-state index contributed by atoms with van der Waals surface area (Å²) in [4.78, 5) is 37.6. The van der Waals surface area contributed by atoms with Crippen molar-refractivity contribution in [3.8, 4) is 11.4 Å². The molecule has 1 saturated heterocycles. The molecule has 5 rings (SSSR count). The zero-order valence-electron chi connectivity index (χ0n) is 16.2. The van der Waals surface area contributed by atoms with Gasteiger partial charge in [-0.1, -0.05) is 11.6 Å². The fourth-order valence-corrected chi connectivity index (χ4v) is 3.83. The second kappa shape index (κ2) is 7.64. The quantitative estimate of drug-likeness (QED) is 0.498. The molecule has 1 fully saturated rings. The number of aromatic amines is 1. The van der Waals surface area contributed by atoms with E-state index >= 15 is 0 Å². The van der Waals surface area contributed by atoms with E-state index in [0.29, 0.717) is 53.9 Å². The number of hydrogen-bond acceptors (Lipinski definition) is 6. The molecule has 0 bridgehead atoms. The summed E-state index contributed by atoms with van der Waals surface area (Å²) >= 11 is 6.20. The predicted molar refractivity (Wildman–Crippen MR) is 112 cm³/mol. The van der Waals surface area contributed by atoms with E-state index < -0.39 is 5.97 Å². The van der Waals surface area contributed by atoms with Gasteiger partial charge in [-0.3, -0.25) is 9.48 Å². The Bertz CT molecular complexity index is 1320. The summed E-state index contributed by atoms with van der Waals surface area (Å²) in [6.07, 6.45) is 2.88. The van der Waals surface area contributed by atoms with Crippen LogP contribution in [0.1, 0.15) is 10.4 Å². The molecule has 1 aromatic carbocycles. The van der Waals surface area contributed by atoms with Gasteiger partial charge in [-0.05, 0) is 18.2 Å². The number of carboxylic acid groups (broad SMARTS) is 1. The first-order valence-electron chi connectivity index (χ1n) is 9.60. The predicted octanol–water partition coefficient (Wildman–Crippen LogP) is 2.18. The van der Waals surface area contributed by atoms with Crippen LogP contribution in [0.5, 0.6) is 0 Å². The Labute approximate surface area is 180 Å². The van der Waals surface area contributed by atoms with E-state index in [1.165, 1.54) is 12.4 Å². The molecule has 0 radical (unpaired) electrons. The molecular formula is C20H17ClN6O4. The lowest BCUT2D eigenvalue weighted by Crippen LogP contribution is -2.42. The summed E-state index contributed by atoms with van der Waals surface area (Å²) in [6.45, 7) is 2.15. The summed E-state index contributed by atoms with van der Waals surface area (Å²) in [6, 6.07) is 5.27. The van der Waals surface area contributed by atoms with E-state index in [0.717, 1.165) is 5.39 Å². The minimum atomic E-state index is -1.10. The van der Waals surface area contributed by atoms with Gasteiger partial charge >= 0.3 is 5.97 Å². The van der Waals surface area contributed by atoms with Gasteiger partial charge in [-0.15, -0.1) is 0 Å². The third kappa shape index (κ3) is 3.49. The highest BCUT2D eigenvalue weighted by Gasteiger charge is 2.22. The van der Waals surface area contributed by atoms with Crippen molar-refractivity contribution < 1.29 is 19.4 Å². The fourth-order valence-electron chi connectivity index (χ4n) is 3.67. The molecule has 4 aromatic rings. The number of fused-ring (bicyclic) bond motifs is 2. The van der Waals surface area contributed by atoms with Crippen molar-refractivity contribution >= 4 is 45.5 Å². The summed E-state index contributed by atoms with van der Waals surface area (Å²) in [7, 11) is 0. The maximum absolute atomic E-state index is 12.8. The van der Waals surface area contributed by atoms with Crippen molar-refractivity contribution in [1.82, 2.24) is 29.6 Å². The third-order valence-electron chi connectivity index (χ3n) is 5.22. The van der Waals surface area contributed by atoms with Gasteiger partial charge in [-0.2, -0.15) is 5.10 Å². The molecule has 0 unspecified atom stereocenters. The van der Waals surface area contributed by atoms with Crippen LogP contribution in [0, 0.1) is 0 Å². The second-order valence-electron chi connectivity index (χ2n) is 7.12. The molecule has 158 valence electrons. The number of aromatic nitrogens is 5. The number of nitrogens with zero attached hydrogens (tertiary/aromatic N) is 5. The highest BCUT2D eigenvalue weighted by Crippen LogP contribution is 2.30. The monoisotopic (exact) mass is 440 g/mol. The van der Waals surface area contributed by atoms with Gasteiger partial charge in [-0.25, -0.2) is 14.8 Å². The first-order chi connectivity index (χ1) is 15.0. The molecule has 31 heavy (non-hydrogen) atoms. The Kier molecular flexibility index (Phi) is 4.79. The summed E-state index contributed by atoms with van der Waals surface area (Å²) in [5.74, 6) is -1.17. The average molecular weight is 441 g/mol. The number of halogens is 1. The van der Waals surface area contributed by atoms with Gasteiger partial charge in [0.1, 0.15) is 29.0 Å². The Morgan fingerprint density at radius 2 is 2.06 bits per heavy atom. The van der Waals surface area contributed by atoms with Crippen molar-refractivity contribution in [2.45, 2.75) is 6.54 Å². The number of amides is 1. The van der Waals surface area contributed by atoms with Crippen LogP contribution in [0.25, 0.3) is 33.5 Å². The molecule has 1 aliphatic heterocycles. The second-order valence-corrected chi connectivity index (χ2v) is 7.56. The van der Waals surface area contributed by atoms with Gasteiger partial charge in [0.25, 0.3) is 0 Å². The number of carboxylic acids is 1. The maximum Gasteiger partial charge on any atom is 0.339 e. The Morgan fingerprint density at radius 1 is 1.26 bits per heavy atom. The fraction of sp³-hybridized carbons (Fsp3) is 0.250.